The van der Waals surface area contributed by atoms with Gasteiger partial charge < -0.3 is 0 Å². The average Bonchev–Trinajstić information content (AvgIpc) is 2.74. The Morgan fingerprint density at radius 3 is 2.81 bits per heavy atom. The lowest BCUT2D eigenvalue weighted by Gasteiger charge is -2.27. The molecule has 1 fully saturated rings. The van der Waals surface area contributed by atoms with Crippen LogP contribution >= 0.6 is 28.6 Å². The molecule has 88 valence electrons. The maximum Gasteiger partial charge on any atom is 0.267 e. The fourth-order valence-corrected chi connectivity index (χ4v) is 3.15. The second-order valence-electron chi connectivity index (χ2n) is 4.54. The lowest BCUT2D eigenvalue weighted by molar-refractivity contribution is 0.284. The zero-order valence-corrected chi connectivity index (χ0v) is 11.5. The molecule has 0 saturated heterocycles. The standard InChI is InChI=1S/C11H15BrN2OS/c12-9-5-13-8-14(10(9)15)6-11(7-16)3-1-2-4-11/h5,8,16H,1-4,6-7H2. The average molecular weight is 303 g/mol. The fraction of sp³-hybridized carbons (Fsp3) is 0.636. The van der Waals surface area contributed by atoms with E-state index >= 15 is 0 Å². The van der Waals surface area contributed by atoms with E-state index < -0.39 is 0 Å². The zero-order valence-electron chi connectivity index (χ0n) is 9.03. The number of rotatable bonds is 3. The summed E-state index contributed by atoms with van der Waals surface area (Å²) in [5.41, 5.74) is 0.193. The van der Waals surface area contributed by atoms with E-state index in [2.05, 4.69) is 33.5 Å². The van der Waals surface area contributed by atoms with Crippen molar-refractivity contribution >= 4 is 28.6 Å². The second-order valence-corrected chi connectivity index (χ2v) is 5.71. The highest BCUT2D eigenvalue weighted by Gasteiger charge is 2.33. The van der Waals surface area contributed by atoms with Gasteiger partial charge >= 0.3 is 0 Å². The van der Waals surface area contributed by atoms with E-state index in [0.29, 0.717) is 4.47 Å². The Kier molecular flexibility index (Phi) is 3.74. The summed E-state index contributed by atoms with van der Waals surface area (Å²) in [6.45, 7) is 0.738. The summed E-state index contributed by atoms with van der Waals surface area (Å²) in [6, 6.07) is 0. The van der Waals surface area contributed by atoms with Crippen LogP contribution in [-0.4, -0.2) is 15.3 Å². The van der Waals surface area contributed by atoms with E-state index in [1.54, 1.807) is 17.1 Å². The normalized spacial score (nSPS) is 18.9. The second kappa shape index (κ2) is 4.92. The molecule has 1 saturated carbocycles. The van der Waals surface area contributed by atoms with Gasteiger partial charge in [-0.25, -0.2) is 4.98 Å². The SMILES string of the molecule is O=c1c(Br)cncn1CC1(CS)CCCC1. The third-order valence-electron chi connectivity index (χ3n) is 3.36. The first kappa shape index (κ1) is 12.2. The lowest BCUT2D eigenvalue weighted by atomic mass is 9.88. The monoisotopic (exact) mass is 302 g/mol. The van der Waals surface area contributed by atoms with Crippen LogP contribution in [0.15, 0.2) is 21.8 Å². The molecule has 1 aliphatic rings. The van der Waals surface area contributed by atoms with Gasteiger partial charge in [0, 0.05) is 12.7 Å². The Hall–Kier alpha value is -0.290. The molecule has 3 nitrogen and oxygen atoms in total. The van der Waals surface area contributed by atoms with Gasteiger partial charge in [-0.05, 0) is 39.9 Å². The molecule has 1 heterocycles. The van der Waals surface area contributed by atoms with E-state index in [9.17, 15) is 4.79 Å². The molecule has 0 bridgehead atoms. The number of halogens is 1. The number of hydrogen-bond acceptors (Lipinski definition) is 3. The molecule has 0 aromatic carbocycles. The van der Waals surface area contributed by atoms with Crippen LogP contribution in [0.5, 0.6) is 0 Å². The molecule has 1 aromatic rings. The van der Waals surface area contributed by atoms with E-state index in [0.717, 1.165) is 25.1 Å². The highest BCUT2D eigenvalue weighted by Crippen LogP contribution is 2.40. The van der Waals surface area contributed by atoms with Gasteiger partial charge in [0.1, 0.15) is 4.47 Å². The third kappa shape index (κ3) is 2.35. The summed E-state index contributed by atoms with van der Waals surface area (Å²) in [5, 5.41) is 0. The van der Waals surface area contributed by atoms with Gasteiger partial charge in [0.2, 0.25) is 0 Å². The van der Waals surface area contributed by atoms with Crippen LogP contribution < -0.4 is 5.56 Å². The van der Waals surface area contributed by atoms with Crippen LogP contribution in [-0.2, 0) is 6.54 Å². The smallest absolute Gasteiger partial charge is 0.267 e. The Morgan fingerprint density at radius 1 is 1.50 bits per heavy atom. The molecule has 0 atom stereocenters. The molecule has 0 unspecified atom stereocenters. The summed E-state index contributed by atoms with van der Waals surface area (Å²) in [7, 11) is 0. The predicted octanol–water partition coefficient (Wildman–Crippen LogP) is 2.50. The Balaban J connectivity index is 2.26. The molecule has 0 aliphatic heterocycles. The molecule has 1 aliphatic carbocycles. The zero-order chi connectivity index (χ0) is 11.6. The van der Waals surface area contributed by atoms with Crippen LogP contribution in [0.3, 0.4) is 0 Å². The summed E-state index contributed by atoms with van der Waals surface area (Å²) < 4.78 is 2.23. The molecule has 0 spiro atoms. The van der Waals surface area contributed by atoms with Crippen molar-refractivity contribution in [1.82, 2.24) is 9.55 Å². The van der Waals surface area contributed by atoms with E-state index in [1.807, 2.05) is 0 Å². The maximum absolute atomic E-state index is 11.9. The number of thiol groups is 1. The third-order valence-corrected chi connectivity index (χ3v) is 4.58. The quantitative estimate of drug-likeness (QED) is 0.871. The van der Waals surface area contributed by atoms with Gasteiger partial charge in [-0.15, -0.1) is 0 Å². The number of nitrogens with zero attached hydrogens (tertiary/aromatic N) is 2. The molecular formula is C11H15BrN2OS. The summed E-state index contributed by atoms with van der Waals surface area (Å²) in [4.78, 5) is 15.9. The highest BCUT2D eigenvalue weighted by atomic mass is 79.9. The first-order valence-corrected chi connectivity index (χ1v) is 6.90. The molecular weight excluding hydrogens is 288 g/mol. The van der Waals surface area contributed by atoms with Gasteiger partial charge in [0.05, 0.1) is 6.33 Å². The van der Waals surface area contributed by atoms with Gasteiger partial charge in [-0.1, -0.05) is 12.8 Å². The molecule has 5 heteroatoms. The summed E-state index contributed by atoms with van der Waals surface area (Å²) in [5.74, 6) is 0.839. The summed E-state index contributed by atoms with van der Waals surface area (Å²) in [6.07, 6.45) is 7.98. The summed E-state index contributed by atoms with van der Waals surface area (Å²) >= 11 is 7.66. The molecule has 0 amide bonds. The van der Waals surface area contributed by atoms with Crippen LogP contribution in [0.1, 0.15) is 25.7 Å². The van der Waals surface area contributed by atoms with Gasteiger partial charge in [0.25, 0.3) is 5.56 Å². The minimum Gasteiger partial charge on any atom is -0.298 e. The largest absolute Gasteiger partial charge is 0.298 e. The van der Waals surface area contributed by atoms with Crippen molar-refractivity contribution in [3.8, 4) is 0 Å². The Bertz CT molecular complexity index is 426. The van der Waals surface area contributed by atoms with Gasteiger partial charge in [-0.3, -0.25) is 9.36 Å². The van der Waals surface area contributed by atoms with E-state index in [-0.39, 0.29) is 11.0 Å². The fourth-order valence-electron chi connectivity index (χ4n) is 2.39. The van der Waals surface area contributed by atoms with Crippen molar-refractivity contribution in [3.63, 3.8) is 0 Å². The minimum atomic E-state index is 0.00283. The van der Waals surface area contributed by atoms with Crippen LogP contribution in [0.4, 0.5) is 0 Å². The van der Waals surface area contributed by atoms with Crippen molar-refractivity contribution in [3.05, 3.63) is 27.4 Å². The van der Waals surface area contributed by atoms with Crippen LogP contribution in [0.2, 0.25) is 0 Å². The van der Waals surface area contributed by atoms with E-state index in [1.165, 1.54) is 12.8 Å². The lowest BCUT2D eigenvalue weighted by Crippen LogP contribution is -2.32. The van der Waals surface area contributed by atoms with Crippen molar-refractivity contribution in [2.24, 2.45) is 5.41 Å². The van der Waals surface area contributed by atoms with Crippen LogP contribution in [0, 0.1) is 5.41 Å². The van der Waals surface area contributed by atoms with E-state index in [4.69, 9.17) is 0 Å². The first-order valence-electron chi connectivity index (χ1n) is 5.48. The molecule has 0 radical (unpaired) electrons. The molecule has 1 aromatic heterocycles. The highest BCUT2D eigenvalue weighted by molar-refractivity contribution is 9.10. The van der Waals surface area contributed by atoms with Crippen molar-refractivity contribution in [1.29, 1.82) is 0 Å². The van der Waals surface area contributed by atoms with Crippen molar-refractivity contribution in [2.75, 3.05) is 5.75 Å². The van der Waals surface area contributed by atoms with Gasteiger partial charge in [0.15, 0.2) is 0 Å². The maximum atomic E-state index is 11.9. The molecule has 2 rings (SSSR count). The van der Waals surface area contributed by atoms with Crippen molar-refractivity contribution in [2.45, 2.75) is 32.2 Å². The first-order chi connectivity index (χ1) is 7.67. The van der Waals surface area contributed by atoms with Gasteiger partial charge in [-0.2, -0.15) is 12.6 Å². The Labute approximate surface area is 109 Å². The Morgan fingerprint density at radius 2 is 2.19 bits per heavy atom. The minimum absolute atomic E-state index is 0.00283. The van der Waals surface area contributed by atoms with Crippen LogP contribution in [0.25, 0.3) is 0 Å². The molecule has 0 N–H and O–H groups in total. The van der Waals surface area contributed by atoms with Crippen molar-refractivity contribution < 1.29 is 0 Å². The predicted molar refractivity (Wildman–Crippen MR) is 71.0 cm³/mol. The topological polar surface area (TPSA) is 34.9 Å². The number of hydrogen-bond donors (Lipinski definition) is 1. The number of aromatic nitrogens is 2. The molecule has 16 heavy (non-hydrogen) atoms.